The average Bonchev–Trinajstić information content (AvgIpc) is 3.26. The fourth-order valence-corrected chi connectivity index (χ4v) is 3.30. The smallest absolute Gasteiger partial charge is 0.317 e. The van der Waals surface area contributed by atoms with E-state index in [2.05, 4.69) is 17.0 Å². The van der Waals surface area contributed by atoms with Crippen LogP contribution in [0.2, 0.25) is 0 Å². The van der Waals surface area contributed by atoms with Gasteiger partial charge in [-0.15, -0.1) is 0 Å². The van der Waals surface area contributed by atoms with Gasteiger partial charge in [-0.1, -0.05) is 36.9 Å². The zero-order valence-corrected chi connectivity index (χ0v) is 14.4. The van der Waals surface area contributed by atoms with Gasteiger partial charge in [0.25, 0.3) is 0 Å². The van der Waals surface area contributed by atoms with E-state index in [-0.39, 0.29) is 24.5 Å². The molecule has 0 unspecified atom stereocenters. The number of benzene rings is 1. The van der Waals surface area contributed by atoms with Crippen LogP contribution in [0.3, 0.4) is 0 Å². The van der Waals surface area contributed by atoms with E-state index in [0.29, 0.717) is 19.6 Å². The van der Waals surface area contributed by atoms with Crippen molar-refractivity contribution < 1.29 is 9.90 Å². The summed E-state index contributed by atoms with van der Waals surface area (Å²) in [7, 11) is 1.87. The molecular weight excluding hydrogens is 316 g/mol. The highest BCUT2D eigenvalue weighted by molar-refractivity contribution is 5.77. The molecule has 2 amide bonds. The number of aromatic nitrogens is 2. The summed E-state index contributed by atoms with van der Waals surface area (Å²) in [6, 6.07) is 9.68. The largest absolute Gasteiger partial charge is 0.396 e. The van der Waals surface area contributed by atoms with Crippen LogP contribution in [0.1, 0.15) is 17.0 Å². The van der Waals surface area contributed by atoms with E-state index >= 15 is 0 Å². The van der Waals surface area contributed by atoms with E-state index < -0.39 is 0 Å². The number of aryl methyl sites for hydroxylation is 1. The molecule has 1 aromatic carbocycles. The Kier molecular flexibility index (Phi) is 5.19. The quantitative estimate of drug-likeness (QED) is 0.873. The molecule has 25 heavy (non-hydrogen) atoms. The highest BCUT2D eigenvalue weighted by atomic mass is 16.3. The van der Waals surface area contributed by atoms with Crippen LogP contribution in [0.5, 0.6) is 0 Å². The highest BCUT2D eigenvalue weighted by Gasteiger charge is 2.36. The molecule has 2 atom stereocenters. The van der Waals surface area contributed by atoms with Crippen molar-refractivity contribution in [1.29, 1.82) is 0 Å². The summed E-state index contributed by atoms with van der Waals surface area (Å²) in [6.07, 6.45) is 3.76. The summed E-state index contributed by atoms with van der Waals surface area (Å²) in [5.41, 5.74) is 2.95. The third-order valence-electron chi connectivity index (χ3n) is 4.75. The first-order valence-electron chi connectivity index (χ1n) is 8.44. The van der Waals surface area contributed by atoms with Crippen LogP contribution in [0.25, 0.3) is 5.57 Å². The standard InChI is InChI=1S/C19H24N4O2/c1-14(15-6-4-3-5-7-15)8-20-19(25)23-11-17(13-24)18(12-23)16-9-21-22(2)10-16/h3-7,9-10,17-18,24H,1,8,11-13H2,2H3,(H,20,25)/t17-,18-/m0/s1. The van der Waals surface area contributed by atoms with Crippen LogP contribution < -0.4 is 5.32 Å². The fraction of sp³-hybridized carbons (Fsp3) is 0.368. The Bertz CT molecular complexity index is 741. The van der Waals surface area contributed by atoms with Crippen LogP contribution >= 0.6 is 0 Å². The Morgan fingerprint density at radius 1 is 1.36 bits per heavy atom. The molecule has 1 aliphatic rings. The minimum absolute atomic E-state index is 0.0345. The number of amides is 2. The Balaban J connectivity index is 1.58. The van der Waals surface area contributed by atoms with E-state index in [1.807, 2.05) is 49.8 Å². The maximum absolute atomic E-state index is 12.5. The molecule has 3 rings (SSSR count). The summed E-state index contributed by atoms with van der Waals surface area (Å²) in [6.45, 7) is 5.62. The summed E-state index contributed by atoms with van der Waals surface area (Å²) >= 11 is 0. The van der Waals surface area contributed by atoms with E-state index in [9.17, 15) is 9.90 Å². The second-order valence-electron chi connectivity index (χ2n) is 6.53. The second kappa shape index (κ2) is 7.53. The van der Waals surface area contributed by atoms with Gasteiger partial charge in [0.2, 0.25) is 0 Å². The van der Waals surface area contributed by atoms with Crippen molar-refractivity contribution in [2.24, 2.45) is 13.0 Å². The summed E-state index contributed by atoms with van der Waals surface area (Å²) < 4.78 is 1.75. The normalized spacial score (nSPS) is 19.8. The van der Waals surface area contributed by atoms with Gasteiger partial charge in [-0.25, -0.2) is 4.79 Å². The molecule has 132 valence electrons. The van der Waals surface area contributed by atoms with Gasteiger partial charge in [0.1, 0.15) is 0 Å². The van der Waals surface area contributed by atoms with Crippen molar-refractivity contribution in [3.05, 3.63) is 60.4 Å². The maximum atomic E-state index is 12.5. The number of hydrogen-bond acceptors (Lipinski definition) is 3. The Labute approximate surface area is 147 Å². The van der Waals surface area contributed by atoms with Gasteiger partial charge in [0.05, 0.1) is 6.20 Å². The number of hydrogen-bond donors (Lipinski definition) is 2. The Hall–Kier alpha value is -2.60. The highest BCUT2D eigenvalue weighted by Crippen LogP contribution is 2.32. The lowest BCUT2D eigenvalue weighted by molar-refractivity contribution is 0.198. The molecule has 2 N–H and O–H groups in total. The maximum Gasteiger partial charge on any atom is 0.317 e. The number of carbonyl (C=O) groups excluding carboxylic acids is 1. The van der Waals surface area contributed by atoms with Gasteiger partial charge in [-0.2, -0.15) is 5.10 Å². The predicted molar refractivity (Wildman–Crippen MR) is 97.0 cm³/mol. The van der Waals surface area contributed by atoms with Crippen molar-refractivity contribution in [1.82, 2.24) is 20.0 Å². The lowest BCUT2D eigenvalue weighted by atomic mass is 9.92. The van der Waals surface area contributed by atoms with Crippen LogP contribution in [0.15, 0.2) is 49.3 Å². The molecule has 2 heterocycles. The molecule has 2 aromatic rings. The van der Waals surface area contributed by atoms with Crippen molar-refractivity contribution in [3.63, 3.8) is 0 Å². The molecule has 6 heteroatoms. The van der Waals surface area contributed by atoms with E-state index in [0.717, 1.165) is 16.7 Å². The lowest BCUT2D eigenvalue weighted by Crippen LogP contribution is -2.39. The molecule has 0 saturated carbocycles. The predicted octanol–water partition coefficient (Wildman–Crippen LogP) is 1.85. The topological polar surface area (TPSA) is 70.4 Å². The first-order chi connectivity index (χ1) is 12.1. The zero-order valence-electron chi connectivity index (χ0n) is 14.4. The number of likely N-dealkylation sites (tertiary alicyclic amines) is 1. The van der Waals surface area contributed by atoms with Gasteiger partial charge < -0.3 is 15.3 Å². The van der Waals surface area contributed by atoms with Crippen LogP contribution in [0, 0.1) is 5.92 Å². The molecular formula is C19H24N4O2. The summed E-state index contributed by atoms with van der Waals surface area (Å²) in [5.74, 6) is 0.147. The van der Waals surface area contributed by atoms with Gasteiger partial charge in [-0.3, -0.25) is 4.68 Å². The number of urea groups is 1. The molecule has 1 aromatic heterocycles. The Morgan fingerprint density at radius 2 is 2.12 bits per heavy atom. The third kappa shape index (κ3) is 3.91. The van der Waals surface area contributed by atoms with E-state index in [1.54, 1.807) is 9.58 Å². The van der Waals surface area contributed by atoms with Crippen molar-refractivity contribution in [2.75, 3.05) is 26.2 Å². The molecule has 0 aliphatic carbocycles. The van der Waals surface area contributed by atoms with Gasteiger partial charge in [-0.05, 0) is 16.7 Å². The first kappa shape index (κ1) is 17.2. The molecule has 1 fully saturated rings. The monoisotopic (exact) mass is 340 g/mol. The van der Waals surface area contributed by atoms with E-state index in [1.165, 1.54) is 0 Å². The van der Waals surface area contributed by atoms with Crippen molar-refractivity contribution in [2.45, 2.75) is 5.92 Å². The minimum atomic E-state index is -0.123. The molecule has 1 aliphatic heterocycles. The zero-order chi connectivity index (χ0) is 17.8. The number of aliphatic hydroxyl groups excluding tert-OH is 1. The third-order valence-corrected chi connectivity index (χ3v) is 4.75. The fourth-order valence-electron chi connectivity index (χ4n) is 3.30. The molecule has 0 bridgehead atoms. The average molecular weight is 340 g/mol. The van der Waals surface area contributed by atoms with Gasteiger partial charge in [0.15, 0.2) is 0 Å². The summed E-state index contributed by atoms with van der Waals surface area (Å²) in [4.78, 5) is 14.3. The molecule has 6 nitrogen and oxygen atoms in total. The molecule has 0 radical (unpaired) electrons. The first-order valence-corrected chi connectivity index (χ1v) is 8.44. The number of rotatable bonds is 5. The van der Waals surface area contributed by atoms with Gasteiger partial charge in [0, 0.05) is 51.3 Å². The van der Waals surface area contributed by atoms with Gasteiger partial charge >= 0.3 is 6.03 Å². The number of nitrogens with one attached hydrogen (secondary N) is 1. The molecule has 0 spiro atoms. The van der Waals surface area contributed by atoms with Crippen molar-refractivity contribution in [3.8, 4) is 0 Å². The molecule has 1 saturated heterocycles. The minimum Gasteiger partial charge on any atom is -0.396 e. The number of nitrogens with zero attached hydrogens (tertiary/aromatic N) is 3. The lowest BCUT2D eigenvalue weighted by Gasteiger charge is -2.18. The SMILES string of the molecule is C=C(CNC(=O)N1C[C@@H](CO)[C@H](c2cnn(C)c2)C1)c1ccccc1. The van der Waals surface area contributed by atoms with Crippen LogP contribution in [-0.4, -0.2) is 52.1 Å². The number of carbonyl (C=O) groups is 1. The van der Waals surface area contributed by atoms with Crippen LogP contribution in [-0.2, 0) is 7.05 Å². The number of aliphatic hydroxyl groups is 1. The Morgan fingerprint density at radius 3 is 2.76 bits per heavy atom. The van der Waals surface area contributed by atoms with E-state index in [4.69, 9.17) is 0 Å². The second-order valence-corrected chi connectivity index (χ2v) is 6.53. The summed E-state index contributed by atoms with van der Waals surface area (Å²) in [5, 5.41) is 16.8. The van der Waals surface area contributed by atoms with Crippen molar-refractivity contribution >= 4 is 11.6 Å². The van der Waals surface area contributed by atoms with Crippen LogP contribution in [0.4, 0.5) is 4.79 Å².